The first-order valence-electron chi connectivity index (χ1n) is 9.85. The van der Waals surface area contributed by atoms with E-state index in [4.69, 9.17) is 11.6 Å². The number of hydrogen-bond acceptors (Lipinski definition) is 6. The summed E-state index contributed by atoms with van der Waals surface area (Å²) in [5, 5.41) is 14.1. The molecule has 0 aliphatic carbocycles. The van der Waals surface area contributed by atoms with Crippen LogP contribution in [-0.4, -0.2) is 37.1 Å². The highest BCUT2D eigenvalue weighted by molar-refractivity contribution is 9.10. The first kappa shape index (κ1) is 23.2. The first-order chi connectivity index (χ1) is 16.0. The van der Waals surface area contributed by atoms with E-state index in [2.05, 4.69) is 41.6 Å². The summed E-state index contributed by atoms with van der Waals surface area (Å²) in [5.41, 5.74) is 5.94. The Labute approximate surface area is 208 Å². The molecule has 0 atom stereocenters. The number of carbonyl (C=O) groups excluding carboxylic acids is 1. The van der Waals surface area contributed by atoms with Gasteiger partial charge in [-0.05, 0) is 61.0 Å². The number of pyridine rings is 1. The van der Waals surface area contributed by atoms with Gasteiger partial charge >= 0.3 is 0 Å². The van der Waals surface area contributed by atoms with Crippen molar-refractivity contribution in [2.45, 2.75) is 12.1 Å². The van der Waals surface area contributed by atoms with E-state index in [0.717, 1.165) is 21.3 Å². The van der Waals surface area contributed by atoms with Gasteiger partial charge in [-0.25, -0.2) is 5.43 Å². The fourth-order valence-electron chi connectivity index (χ4n) is 2.94. The Kier molecular flexibility index (Phi) is 7.54. The number of carbonyl (C=O) groups is 1. The molecular weight excluding hydrogens is 524 g/mol. The second-order valence-corrected chi connectivity index (χ2v) is 9.18. The number of nitrogens with one attached hydrogen (secondary N) is 1. The van der Waals surface area contributed by atoms with E-state index in [0.29, 0.717) is 21.7 Å². The fraction of sp³-hybridized carbons (Fsp3) is 0.0870. The maximum Gasteiger partial charge on any atom is 0.250 e. The Balaban J connectivity index is 1.51. The molecule has 0 radical (unpaired) electrons. The predicted octanol–water partition coefficient (Wildman–Crippen LogP) is 5.38. The average Bonchev–Trinajstić information content (AvgIpc) is 3.26. The van der Waals surface area contributed by atoms with E-state index in [1.54, 1.807) is 24.5 Å². The van der Waals surface area contributed by atoms with Crippen LogP contribution in [-0.2, 0) is 4.79 Å². The molecule has 166 valence electrons. The Morgan fingerprint density at radius 3 is 2.45 bits per heavy atom. The molecule has 0 unspecified atom stereocenters. The number of halogens is 2. The predicted molar refractivity (Wildman–Crippen MR) is 135 cm³/mol. The van der Waals surface area contributed by atoms with Gasteiger partial charge in [-0.1, -0.05) is 51.4 Å². The zero-order valence-electron chi connectivity index (χ0n) is 17.4. The molecule has 1 N–H and O–H groups in total. The molecular formula is C23H18BrClN6OS. The first-order valence-corrected chi connectivity index (χ1v) is 12.0. The van der Waals surface area contributed by atoms with Crippen molar-refractivity contribution in [1.29, 1.82) is 0 Å². The van der Waals surface area contributed by atoms with Gasteiger partial charge in [0.15, 0.2) is 11.0 Å². The number of thioether (sulfide) groups is 1. The lowest BCUT2D eigenvalue weighted by Crippen LogP contribution is -2.21. The molecule has 0 saturated carbocycles. The van der Waals surface area contributed by atoms with E-state index >= 15 is 0 Å². The van der Waals surface area contributed by atoms with E-state index < -0.39 is 0 Å². The van der Waals surface area contributed by atoms with Gasteiger partial charge in [0.1, 0.15) is 0 Å². The quantitative estimate of drug-likeness (QED) is 0.193. The van der Waals surface area contributed by atoms with Crippen molar-refractivity contribution in [1.82, 2.24) is 25.2 Å². The van der Waals surface area contributed by atoms with Crippen molar-refractivity contribution in [2.24, 2.45) is 5.10 Å². The Hall–Kier alpha value is -3.01. The molecule has 2 aromatic heterocycles. The highest BCUT2D eigenvalue weighted by Gasteiger charge is 2.17. The molecule has 10 heteroatoms. The number of hydrazone groups is 1. The molecule has 0 aliphatic rings. The summed E-state index contributed by atoms with van der Waals surface area (Å²) in [7, 11) is 0. The van der Waals surface area contributed by atoms with Crippen LogP contribution in [0.3, 0.4) is 0 Å². The van der Waals surface area contributed by atoms with Gasteiger partial charge in [0.05, 0.1) is 11.5 Å². The molecule has 33 heavy (non-hydrogen) atoms. The van der Waals surface area contributed by atoms with Gasteiger partial charge < -0.3 is 0 Å². The van der Waals surface area contributed by atoms with E-state index in [9.17, 15) is 4.79 Å². The molecule has 4 rings (SSSR count). The number of aromatic nitrogens is 4. The van der Waals surface area contributed by atoms with Crippen LogP contribution < -0.4 is 5.43 Å². The normalized spacial score (nSPS) is 11.4. The largest absolute Gasteiger partial charge is 0.272 e. The third-order valence-corrected chi connectivity index (χ3v) is 6.31. The van der Waals surface area contributed by atoms with Gasteiger partial charge in [-0.3, -0.25) is 14.3 Å². The highest BCUT2D eigenvalue weighted by Crippen LogP contribution is 2.28. The molecule has 2 aromatic carbocycles. The molecule has 0 aliphatic heterocycles. The van der Waals surface area contributed by atoms with Crippen molar-refractivity contribution in [3.63, 3.8) is 0 Å². The maximum atomic E-state index is 12.4. The van der Waals surface area contributed by atoms with Crippen LogP contribution in [0, 0.1) is 0 Å². The highest BCUT2D eigenvalue weighted by atomic mass is 79.9. The van der Waals surface area contributed by atoms with Crippen molar-refractivity contribution in [3.05, 3.63) is 88.1 Å². The van der Waals surface area contributed by atoms with E-state index in [1.165, 1.54) is 11.8 Å². The van der Waals surface area contributed by atoms with Crippen LogP contribution in [0.5, 0.6) is 0 Å². The number of benzene rings is 2. The Morgan fingerprint density at radius 2 is 1.76 bits per heavy atom. The van der Waals surface area contributed by atoms with Crippen molar-refractivity contribution in [3.8, 4) is 17.1 Å². The molecule has 2 heterocycles. The summed E-state index contributed by atoms with van der Waals surface area (Å²) >= 11 is 10.7. The molecule has 7 nitrogen and oxygen atoms in total. The van der Waals surface area contributed by atoms with Gasteiger partial charge in [-0.15, -0.1) is 10.2 Å². The summed E-state index contributed by atoms with van der Waals surface area (Å²) in [5.74, 6) is 0.526. The second kappa shape index (κ2) is 10.7. The summed E-state index contributed by atoms with van der Waals surface area (Å²) in [6.45, 7) is 1.84. The van der Waals surface area contributed by atoms with Crippen molar-refractivity contribution in [2.75, 3.05) is 5.75 Å². The Bertz CT molecular complexity index is 1280. The van der Waals surface area contributed by atoms with Gasteiger partial charge in [0.2, 0.25) is 0 Å². The number of rotatable bonds is 7. The van der Waals surface area contributed by atoms with Crippen LogP contribution in [0.1, 0.15) is 12.5 Å². The minimum atomic E-state index is -0.243. The summed E-state index contributed by atoms with van der Waals surface area (Å²) < 4.78 is 2.87. The second-order valence-electron chi connectivity index (χ2n) is 6.88. The zero-order chi connectivity index (χ0) is 23.2. The summed E-state index contributed by atoms with van der Waals surface area (Å²) in [4.78, 5) is 16.5. The molecule has 1 amide bonds. The Morgan fingerprint density at radius 1 is 1.06 bits per heavy atom. The number of amides is 1. The zero-order valence-corrected chi connectivity index (χ0v) is 20.6. The lowest BCUT2D eigenvalue weighted by Gasteiger charge is -2.10. The van der Waals surface area contributed by atoms with Crippen LogP contribution in [0.25, 0.3) is 17.1 Å². The van der Waals surface area contributed by atoms with Crippen LogP contribution in [0.4, 0.5) is 0 Å². The molecule has 0 fully saturated rings. The lowest BCUT2D eigenvalue weighted by molar-refractivity contribution is -0.118. The smallest absolute Gasteiger partial charge is 0.250 e. The van der Waals surface area contributed by atoms with Crippen LogP contribution in [0.15, 0.2) is 87.8 Å². The third kappa shape index (κ3) is 5.87. The summed E-state index contributed by atoms with van der Waals surface area (Å²) in [6, 6.07) is 18.8. The number of nitrogens with zero attached hydrogens (tertiary/aromatic N) is 5. The minimum absolute atomic E-state index is 0.124. The van der Waals surface area contributed by atoms with Gasteiger partial charge in [0.25, 0.3) is 5.91 Å². The monoisotopic (exact) mass is 540 g/mol. The minimum Gasteiger partial charge on any atom is -0.272 e. The van der Waals surface area contributed by atoms with Gasteiger partial charge in [0, 0.05) is 33.1 Å². The average molecular weight is 542 g/mol. The fourth-order valence-corrected chi connectivity index (χ4v) is 4.07. The van der Waals surface area contributed by atoms with E-state index in [1.807, 2.05) is 60.0 Å². The van der Waals surface area contributed by atoms with Crippen LogP contribution in [0.2, 0.25) is 5.02 Å². The van der Waals surface area contributed by atoms with Crippen LogP contribution >= 0.6 is 39.3 Å². The van der Waals surface area contributed by atoms with E-state index in [-0.39, 0.29) is 11.7 Å². The van der Waals surface area contributed by atoms with Gasteiger partial charge in [-0.2, -0.15) is 5.10 Å². The topological polar surface area (TPSA) is 85.1 Å². The molecule has 4 aromatic rings. The SMILES string of the molecule is C/C(=N\NC(=O)CSc1nnc(-c2ccncc2)n1-c1ccc(Cl)cc1)c1ccc(Br)cc1. The molecule has 0 spiro atoms. The van der Waals surface area contributed by atoms with Crippen molar-refractivity contribution < 1.29 is 4.79 Å². The third-order valence-electron chi connectivity index (χ3n) is 4.60. The standard InChI is InChI=1S/C23H18BrClN6OS/c1-15(16-2-4-18(24)5-3-16)27-28-21(32)14-33-23-30-29-22(17-10-12-26-13-11-17)31(23)20-8-6-19(25)7-9-20/h2-13H,14H2,1H3,(H,28,32)/b27-15+. The maximum absolute atomic E-state index is 12.4. The van der Waals surface area contributed by atoms with Crippen molar-refractivity contribution >= 4 is 50.9 Å². The molecule has 0 saturated heterocycles. The number of hydrogen-bond donors (Lipinski definition) is 1. The summed E-state index contributed by atoms with van der Waals surface area (Å²) in [6.07, 6.45) is 3.39. The lowest BCUT2D eigenvalue weighted by atomic mass is 10.1. The molecule has 0 bridgehead atoms.